The van der Waals surface area contributed by atoms with Gasteiger partial charge in [-0.25, -0.2) is 4.98 Å². The van der Waals surface area contributed by atoms with Gasteiger partial charge in [0.25, 0.3) is 0 Å². The van der Waals surface area contributed by atoms with Crippen LogP contribution in [0.5, 0.6) is 0 Å². The van der Waals surface area contributed by atoms with E-state index in [-0.39, 0.29) is 0 Å². The van der Waals surface area contributed by atoms with E-state index in [1.165, 1.54) is 34.8 Å². The van der Waals surface area contributed by atoms with Gasteiger partial charge in [-0.2, -0.15) is 9.47 Å². The summed E-state index contributed by atoms with van der Waals surface area (Å²) in [4.78, 5) is 5.56. The number of rotatable bonds is 3. The summed E-state index contributed by atoms with van der Waals surface area (Å²) in [6, 6.07) is 2.11. The van der Waals surface area contributed by atoms with Gasteiger partial charge < -0.3 is 5.32 Å². The standard InChI is InChI=1S/C15H17N5S/c1-8-6-9(2)17-15-13(8)14(20-21-15)16-7-12-10-4-3-5-11(10)18-19-12/h6H,3-5,7H2,1-2H3,(H,16,20)(H,18,19). The molecule has 0 saturated heterocycles. The van der Waals surface area contributed by atoms with Crippen molar-refractivity contribution < 1.29 is 0 Å². The lowest BCUT2D eigenvalue weighted by atomic mass is 10.1. The topological polar surface area (TPSA) is 66.5 Å². The molecule has 3 aromatic rings. The quantitative estimate of drug-likeness (QED) is 0.780. The number of aromatic nitrogens is 4. The van der Waals surface area contributed by atoms with Crippen LogP contribution in [0, 0.1) is 13.8 Å². The Hall–Kier alpha value is -1.95. The average Bonchev–Trinajstić information content (AvgIpc) is 3.11. The zero-order chi connectivity index (χ0) is 14.4. The molecular formula is C15H17N5S. The van der Waals surface area contributed by atoms with Crippen LogP contribution in [0.1, 0.15) is 34.6 Å². The normalized spacial score (nSPS) is 13.8. The van der Waals surface area contributed by atoms with Gasteiger partial charge in [-0.15, -0.1) is 0 Å². The van der Waals surface area contributed by atoms with Crippen molar-refractivity contribution in [3.8, 4) is 0 Å². The molecule has 0 spiro atoms. The highest BCUT2D eigenvalue weighted by atomic mass is 32.1. The molecule has 0 amide bonds. The van der Waals surface area contributed by atoms with E-state index in [2.05, 4.69) is 37.9 Å². The molecule has 108 valence electrons. The Labute approximate surface area is 127 Å². The van der Waals surface area contributed by atoms with E-state index in [4.69, 9.17) is 0 Å². The molecule has 3 aromatic heterocycles. The number of fused-ring (bicyclic) bond motifs is 2. The number of hydrogen-bond donors (Lipinski definition) is 2. The maximum Gasteiger partial charge on any atom is 0.149 e. The number of H-pyrrole nitrogens is 1. The Balaban J connectivity index is 1.63. The number of hydrogen-bond acceptors (Lipinski definition) is 5. The molecule has 5 nitrogen and oxygen atoms in total. The third-order valence-corrected chi connectivity index (χ3v) is 4.83. The van der Waals surface area contributed by atoms with Gasteiger partial charge in [0, 0.05) is 11.4 Å². The van der Waals surface area contributed by atoms with E-state index in [1.807, 2.05) is 6.92 Å². The fourth-order valence-electron chi connectivity index (χ4n) is 3.11. The van der Waals surface area contributed by atoms with Gasteiger partial charge >= 0.3 is 0 Å². The number of aromatic amines is 1. The molecule has 0 radical (unpaired) electrons. The van der Waals surface area contributed by atoms with Crippen molar-refractivity contribution in [3.05, 3.63) is 34.3 Å². The van der Waals surface area contributed by atoms with Gasteiger partial charge in [-0.05, 0) is 61.8 Å². The van der Waals surface area contributed by atoms with Crippen LogP contribution >= 0.6 is 11.5 Å². The van der Waals surface area contributed by atoms with Crippen molar-refractivity contribution in [3.63, 3.8) is 0 Å². The smallest absolute Gasteiger partial charge is 0.149 e. The van der Waals surface area contributed by atoms with Crippen LogP contribution in [0.3, 0.4) is 0 Å². The lowest BCUT2D eigenvalue weighted by Crippen LogP contribution is -2.03. The van der Waals surface area contributed by atoms with Gasteiger partial charge in [-0.1, -0.05) is 0 Å². The molecule has 21 heavy (non-hydrogen) atoms. The van der Waals surface area contributed by atoms with E-state index in [1.54, 1.807) is 0 Å². The van der Waals surface area contributed by atoms with Crippen molar-refractivity contribution in [2.45, 2.75) is 39.7 Å². The molecule has 0 aromatic carbocycles. The van der Waals surface area contributed by atoms with Crippen LogP contribution in [0.15, 0.2) is 6.07 Å². The molecule has 3 heterocycles. The summed E-state index contributed by atoms with van der Waals surface area (Å²) in [5.74, 6) is 0.926. The highest BCUT2D eigenvalue weighted by Crippen LogP contribution is 2.30. The second-order valence-corrected chi connectivity index (χ2v) is 6.38. The van der Waals surface area contributed by atoms with Crippen molar-refractivity contribution in [1.29, 1.82) is 0 Å². The molecule has 2 N–H and O–H groups in total. The first kappa shape index (κ1) is 12.8. The molecule has 0 atom stereocenters. The molecule has 0 bridgehead atoms. The molecular weight excluding hydrogens is 282 g/mol. The maximum atomic E-state index is 4.55. The minimum atomic E-state index is 0.720. The highest BCUT2D eigenvalue weighted by Gasteiger charge is 2.18. The lowest BCUT2D eigenvalue weighted by Gasteiger charge is -2.05. The predicted octanol–water partition coefficient (Wildman–Crippen LogP) is 3.13. The summed E-state index contributed by atoms with van der Waals surface area (Å²) in [5, 5.41) is 12.2. The average molecular weight is 299 g/mol. The van der Waals surface area contributed by atoms with Gasteiger partial charge in [0.15, 0.2) is 0 Å². The summed E-state index contributed by atoms with van der Waals surface area (Å²) >= 11 is 1.45. The highest BCUT2D eigenvalue weighted by molar-refractivity contribution is 7.13. The fourth-order valence-corrected chi connectivity index (χ4v) is 3.98. The Morgan fingerprint density at radius 2 is 2.24 bits per heavy atom. The zero-order valence-corrected chi connectivity index (χ0v) is 13.0. The monoisotopic (exact) mass is 299 g/mol. The van der Waals surface area contributed by atoms with Gasteiger partial charge in [0.1, 0.15) is 10.6 Å². The second-order valence-electron chi connectivity index (χ2n) is 5.63. The summed E-state index contributed by atoms with van der Waals surface area (Å²) < 4.78 is 4.52. The Bertz CT molecular complexity index is 817. The van der Waals surface area contributed by atoms with Crippen molar-refractivity contribution in [1.82, 2.24) is 19.6 Å². The predicted molar refractivity (Wildman–Crippen MR) is 84.8 cm³/mol. The maximum absolute atomic E-state index is 4.55. The van der Waals surface area contributed by atoms with E-state index < -0.39 is 0 Å². The number of aryl methyl sites for hydroxylation is 3. The Morgan fingerprint density at radius 1 is 1.33 bits per heavy atom. The summed E-state index contributed by atoms with van der Waals surface area (Å²) in [7, 11) is 0. The molecule has 0 aliphatic heterocycles. The van der Waals surface area contributed by atoms with Gasteiger partial charge in [0.2, 0.25) is 0 Å². The van der Waals surface area contributed by atoms with Crippen LogP contribution < -0.4 is 5.32 Å². The fraction of sp³-hybridized carbons (Fsp3) is 0.400. The van der Waals surface area contributed by atoms with Crippen LogP contribution in [-0.2, 0) is 19.4 Å². The number of nitrogens with one attached hydrogen (secondary N) is 2. The van der Waals surface area contributed by atoms with Crippen molar-refractivity contribution in [2.75, 3.05) is 5.32 Å². The Morgan fingerprint density at radius 3 is 3.14 bits per heavy atom. The van der Waals surface area contributed by atoms with Gasteiger partial charge in [0.05, 0.1) is 17.6 Å². The minimum absolute atomic E-state index is 0.720. The first-order chi connectivity index (χ1) is 10.2. The van der Waals surface area contributed by atoms with Crippen molar-refractivity contribution >= 4 is 27.6 Å². The third kappa shape index (κ3) is 2.10. The van der Waals surface area contributed by atoms with Crippen LogP contribution in [0.2, 0.25) is 0 Å². The SMILES string of the molecule is Cc1cc(C)c2c(NCc3n[nH]c4c3CCC4)nsc2n1. The summed E-state index contributed by atoms with van der Waals surface area (Å²) in [6.45, 7) is 4.85. The van der Waals surface area contributed by atoms with Crippen LogP contribution in [0.25, 0.3) is 10.2 Å². The zero-order valence-electron chi connectivity index (χ0n) is 12.2. The first-order valence-electron chi connectivity index (χ1n) is 7.25. The molecule has 1 aliphatic rings. The van der Waals surface area contributed by atoms with Crippen LogP contribution in [-0.4, -0.2) is 19.6 Å². The third-order valence-electron chi connectivity index (χ3n) is 4.09. The second kappa shape index (κ2) is 4.80. The minimum Gasteiger partial charge on any atom is -0.363 e. The lowest BCUT2D eigenvalue weighted by molar-refractivity contribution is 0.841. The summed E-state index contributed by atoms with van der Waals surface area (Å²) in [5.41, 5.74) is 6.10. The van der Waals surface area contributed by atoms with E-state index in [0.29, 0.717) is 0 Å². The number of pyridine rings is 1. The molecule has 0 saturated carbocycles. The largest absolute Gasteiger partial charge is 0.363 e. The first-order valence-corrected chi connectivity index (χ1v) is 8.02. The van der Waals surface area contributed by atoms with Gasteiger partial charge in [-0.3, -0.25) is 5.10 Å². The number of nitrogens with zero attached hydrogens (tertiary/aromatic N) is 3. The van der Waals surface area contributed by atoms with E-state index in [9.17, 15) is 0 Å². The number of anilines is 1. The summed E-state index contributed by atoms with van der Waals surface area (Å²) in [6.07, 6.45) is 3.50. The van der Waals surface area contributed by atoms with Crippen molar-refractivity contribution in [2.24, 2.45) is 0 Å². The van der Waals surface area contributed by atoms with E-state index in [0.717, 1.165) is 46.8 Å². The Kier molecular flexibility index (Phi) is 2.92. The molecule has 0 fully saturated rings. The molecule has 6 heteroatoms. The van der Waals surface area contributed by atoms with E-state index >= 15 is 0 Å². The molecule has 4 rings (SSSR count). The molecule has 0 unspecified atom stereocenters. The van der Waals surface area contributed by atoms with Crippen LogP contribution in [0.4, 0.5) is 5.82 Å². The molecule has 1 aliphatic carbocycles.